The fraction of sp³-hybridized carbons (Fsp3) is 0.176. The molecule has 0 aliphatic rings. The van der Waals surface area contributed by atoms with Crippen LogP contribution in [-0.4, -0.2) is 4.98 Å². The Hall–Kier alpha value is -2.06. The van der Waals surface area contributed by atoms with E-state index in [1.165, 1.54) is 27.5 Å². The molecule has 2 heteroatoms. The minimum absolute atomic E-state index is 0.578. The maximum atomic E-state index is 5.73. The Morgan fingerprint density at radius 1 is 0.947 bits per heavy atom. The predicted molar refractivity (Wildman–Crippen MR) is 81.1 cm³/mol. The van der Waals surface area contributed by atoms with Crippen LogP contribution in [0.1, 0.15) is 16.8 Å². The third-order valence-electron chi connectivity index (χ3n) is 3.65. The van der Waals surface area contributed by atoms with Crippen LogP contribution >= 0.6 is 0 Å². The highest BCUT2D eigenvalue weighted by molar-refractivity contribution is 5.87. The molecule has 0 aliphatic heterocycles. The average molecular weight is 250 g/mol. The van der Waals surface area contributed by atoms with Crippen molar-refractivity contribution in [3.63, 3.8) is 0 Å². The first-order valence-electron chi connectivity index (χ1n) is 6.57. The molecule has 0 aliphatic carbocycles. The summed E-state index contributed by atoms with van der Waals surface area (Å²) in [6, 6.07) is 15.2. The van der Waals surface area contributed by atoms with Gasteiger partial charge in [0.15, 0.2) is 0 Å². The summed E-state index contributed by atoms with van der Waals surface area (Å²) in [5, 5.41) is 2.55. The summed E-state index contributed by atoms with van der Waals surface area (Å²) in [5.74, 6) is 0. The lowest BCUT2D eigenvalue weighted by Crippen LogP contribution is -1.95. The number of aromatic amines is 1. The summed E-state index contributed by atoms with van der Waals surface area (Å²) in [6.07, 6.45) is 0. The van der Waals surface area contributed by atoms with Crippen molar-refractivity contribution in [2.24, 2.45) is 5.73 Å². The first-order chi connectivity index (χ1) is 9.17. The number of benzene rings is 2. The second-order valence-electron chi connectivity index (χ2n) is 5.10. The molecular formula is C17H18N2. The van der Waals surface area contributed by atoms with Gasteiger partial charge in [0.25, 0.3) is 0 Å². The molecular weight excluding hydrogens is 232 g/mol. The van der Waals surface area contributed by atoms with E-state index in [-0.39, 0.29) is 0 Å². The molecule has 96 valence electrons. The number of rotatable bonds is 2. The van der Waals surface area contributed by atoms with E-state index in [0.29, 0.717) is 6.54 Å². The maximum absolute atomic E-state index is 5.73. The molecule has 2 nitrogen and oxygen atoms in total. The van der Waals surface area contributed by atoms with E-state index in [2.05, 4.69) is 61.3 Å². The molecule has 0 amide bonds. The van der Waals surface area contributed by atoms with E-state index in [0.717, 1.165) is 11.4 Å². The van der Waals surface area contributed by atoms with Gasteiger partial charge in [-0.15, -0.1) is 0 Å². The minimum atomic E-state index is 0.578. The fourth-order valence-corrected chi connectivity index (χ4v) is 2.50. The second-order valence-corrected chi connectivity index (χ2v) is 5.10. The highest BCUT2D eigenvalue weighted by atomic mass is 14.7. The van der Waals surface area contributed by atoms with Gasteiger partial charge in [-0.05, 0) is 47.9 Å². The van der Waals surface area contributed by atoms with Crippen LogP contribution in [0.2, 0.25) is 0 Å². The molecule has 0 spiro atoms. The van der Waals surface area contributed by atoms with Gasteiger partial charge in [-0.1, -0.05) is 35.9 Å². The van der Waals surface area contributed by atoms with Crippen molar-refractivity contribution in [3.8, 4) is 11.3 Å². The highest BCUT2D eigenvalue weighted by Crippen LogP contribution is 2.26. The van der Waals surface area contributed by atoms with Crippen molar-refractivity contribution in [3.05, 3.63) is 59.3 Å². The van der Waals surface area contributed by atoms with Gasteiger partial charge in [0.2, 0.25) is 0 Å². The molecule has 1 heterocycles. The number of aryl methyl sites for hydroxylation is 2. The van der Waals surface area contributed by atoms with E-state index < -0.39 is 0 Å². The van der Waals surface area contributed by atoms with Gasteiger partial charge >= 0.3 is 0 Å². The minimum Gasteiger partial charge on any atom is -0.358 e. The smallest absolute Gasteiger partial charge is 0.0459 e. The molecule has 1 aromatic heterocycles. The van der Waals surface area contributed by atoms with Crippen molar-refractivity contribution in [2.45, 2.75) is 20.4 Å². The number of hydrogen-bond acceptors (Lipinski definition) is 1. The molecule has 0 unspecified atom stereocenters. The summed E-state index contributed by atoms with van der Waals surface area (Å²) in [6.45, 7) is 4.76. The van der Waals surface area contributed by atoms with E-state index in [9.17, 15) is 0 Å². The Balaban J connectivity index is 2.11. The molecule has 0 saturated heterocycles. The Morgan fingerprint density at radius 3 is 2.42 bits per heavy atom. The summed E-state index contributed by atoms with van der Waals surface area (Å²) >= 11 is 0. The van der Waals surface area contributed by atoms with Crippen molar-refractivity contribution in [1.29, 1.82) is 0 Å². The number of fused-ring (bicyclic) bond motifs is 1. The van der Waals surface area contributed by atoms with Crippen LogP contribution in [-0.2, 0) is 6.54 Å². The van der Waals surface area contributed by atoms with Crippen molar-refractivity contribution < 1.29 is 0 Å². The van der Waals surface area contributed by atoms with Crippen LogP contribution in [0.4, 0.5) is 0 Å². The van der Waals surface area contributed by atoms with Gasteiger partial charge in [-0.3, -0.25) is 0 Å². The lowest BCUT2D eigenvalue weighted by molar-refractivity contribution is 1.04. The van der Waals surface area contributed by atoms with Crippen molar-refractivity contribution >= 4 is 10.8 Å². The van der Waals surface area contributed by atoms with Crippen molar-refractivity contribution in [2.75, 3.05) is 0 Å². The van der Waals surface area contributed by atoms with Gasteiger partial charge in [0.05, 0.1) is 0 Å². The molecule has 2 aromatic carbocycles. The van der Waals surface area contributed by atoms with Crippen LogP contribution in [0.3, 0.4) is 0 Å². The molecule has 0 fully saturated rings. The van der Waals surface area contributed by atoms with Gasteiger partial charge < -0.3 is 10.7 Å². The molecule has 3 rings (SSSR count). The lowest BCUT2D eigenvalue weighted by atomic mass is 10.0. The molecule has 3 aromatic rings. The zero-order chi connectivity index (χ0) is 13.4. The average Bonchev–Trinajstić information content (AvgIpc) is 2.79. The second kappa shape index (κ2) is 4.56. The zero-order valence-electron chi connectivity index (χ0n) is 11.3. The number of nitrogens with one attached hydrogen (secondary N) is 1. The summed E-state index contributed by atoms with van der Waals surface area (Å²) in [4.78, 5) is 3.41. The first kappa shape index (κ1) is 12.0. The fourth-order valence-electron chi connectivity index (χ4n) is 2.50. The third kappa shape index (κ3) is 2.15. The van der Waals surface area contributed by atoms with Gasteiger partial charge in [0.1, 0.15) is 0 Å². The van der Waals surface area contributed by atoms with E-state index in [4.69, 9.17) is 5.73 Å². The van der Waals surface area contributed by atoms with E-state index >= 15 is 0 Å². The van der Waals surface area contributed by atoms with E-state index in [1.54, 1.807) is 0 Å². The van der Waals surface area contributed by atoms with Crippen LogP contribution in [0.15, 0.2) is 42.5 Å². The number of H-pyrrole nitrogens is 1. The van der Waals surface area contributed by atoms with Gasteiger partial charge in [-0.2, -0.15) is 0 Å². The molecule has 0 saturated carbocycles. The molecule has 0 atom stereocenters. The summed E-state index contributed by atoms with van der Waals surface area (Å²) in [7, 11) is 0. The Labute approximate surface area is 113 Å². The van der Waals surface area contributed by atoms with E-state index in [1.807, 2.05) is 0 Å². The van der Waals surface area contributed by atoms with Crippen LogP contribution in [0, 0.1) is 13.8 Å². The third-order valence-corrected chi connectivity index (χ3v) is 3.65. The Morgan fingerprint density at radius 2 is 1.68 bits per heavy atom. The number of hydrogen-bond donors (Lipinski definition) is 2. The SMILES string of the molecule is Cc1ccc2cc(-c3cc(CN)c(C)[nH]3)ccc2c1. The monoisotopic (exact) mass is 250 g/mol. The van der Waals surface area contributed by atoms with Gasteiger partial charge in [0, 0.05) is 17.9 Å². The quantitative estimate of drug-likeness (QED) is 0.711. The Bertz CT molecular complexity index is 738. The highest BCUT2D eigenvalue weighted by Gasteiger charge is 2.06. The van der Waals surface area contributed by atoms with Crippen LogP contribution in [0.5, 0.6) is 0 Å². The van der Waals surface area contributed by atoms with Crippen LogP contribution < -0.4 is 5.73 Å². The summed E-state index contributed by atoms with van der Waals surface area (Å²) in [5.41, 5.74) is 11.7. The number of nitrogens with two attached hydrogens (primary N) is 1. The van der Waals surface area contributed by atoms with Crippen LogP contribution in [0.25, 0.3) is 22.0 Å². The predicted octanol–water partition coefficient (Wildman–Crippen LogP) is 3.91. The molecule has 0 bridgehead atoms. The maximum Gasteiger partial charge on any atom is 0.0459 e. The molecule has 3 N–H and O–H groups in total. The first-order valence-corrected chi connectivity index (χ1v) is 6.57. The standard InChI is InChI=1S/C17H18N2/c1-11-3-4-14-8-15(6-5-13(14)7-11)17-9-16(10-18)12(2)19-17/h3-9,19H,10,18H2,1-2H3. The normalized spacial score (nSPS) is 11.1. The van der Waals surface area contributed by atoms with Gasteiger partial charge in [-0.25, -0.2) is 0 Å². The zero-order valence-corrected chi connectivity index (χ0v) is 11.3. The Kier molecular flexibility index (Phi) is 2.88. The van der Waals surface area contributed by atoms with Crippen molar-refractivity contribution in [1.82, 2.24) is 4.98 Å². The largest absolute Gasteiger partial charge is 0.358 e. The number of aromatic nitrogens is 1. The molecule has 19 heavy (non-hydrogen) atoms. The molecule has 0 radical (unpaired) electrons. The topological polar surface area (TPSA) is 41.8 Å². The summed E-state index contributed by atoms with van der Waals surface area (Å²) < 4.78 is 0. The lowest BCUT2D eigenvalue weighted by Gasteiger charge is -2.03.